The molecule has 3 aromatic rings. The number of carbonyl (C=O) groups is 1. The Morgan fingerprint density at radius 2 is 1.74 bits per heavy atom. The predicted molar refractivity (Wildman–Crippen MR) is 135 cm³/mol. The highest BCUT2D eigenvalue weighted by Crippen LogP contribution is 2.46. The van der Waals surface area contributed by atoms with Crippen molar-refractivity contribution in [2.75, 3.05) is 19.4 Å². The number of hydrogen-bond acceptors (Lipinski definition) is 6. The molecule has 2 aromatic carbocycles. The molecule has 2 aliphatic rings. The van der Waals surface area contributed by atoms with E-state index in [-0.39, 0.29) is 28.9 Å². The molecule has 2 heterocycles. The van der Waals surface area contributed by atoms with E-state index < -0.39 is 0 Å². The van der Waals surface area contributed by atoms with Gasteiger partial charge in [0.15, 0.2) is 11.5 Å². The Morgan fingerprint density at radius 3 is 2.35 bits per heavy atom. The molecule has 0 radical (unpaired) electrons. The van der Waals surface area contributed by atoms with Crippen molar-refractivity contribution in [3.8, 4) is 23.1 Å². The molecule has 1 fully saturated rings. The van der Waals surface area contributed by atoms with Crippen LogP contribution < -0.4 is 4.74 Å². The predicted octanol–water partition coefficient (Wildman–Crippen LogP) is 5.67. The van der Waals surface area contributed by atoms with Gasteiger partial charge in [-0.05, 0) is 49.2 Å². The maximum Gasteiger partial charge on any atom is 0.240 e. The zero-order valence-electron chi connectivity index (χ0n) is 19.2. The van der Waals surface area contributed by atoms with E-state index in [1.165, 1.54) is 0 Å². The maximum atomic E-state index is 13.6. The van der Waals surface area contributed by atoms with Gasteiger partial charge in [-0.15, -0.1) is 11.8 Å². The summed E-state index contributed by atoms with van der Waals surface area (Å²) in [7, 11) is 1.57. The molecule has 0 unspecified atom stereocenters. The van der Waals surface area contributed by atoms with Crippen LogP contribution in [0.25, 0.3) is 5.69 Å². The van der Waals surface area contributed by atoms with Gasteiger partial charge in [0.05, 0.1) is 17.7 Å². The van der Waals surface area contributed by atoms with Crippen LogP contribution in [-0.2, 0) is 0 Å². The van der Waals surface area contributed by atoms with E-state index in [0.29, 0.717) is 17.0 Å². The van der Waals surface area contributed by atoms with Gasteiger partial charge in [-0.3, -0.25) is 14.4 Å². The van der Waals surface area contributed by atoms with Gasteiger partial charge in [0, 0.05) is 40.7 Å². The Bertz CT molecular complexity index is 1220. The van der Waals surface area contributed by atoms with Gasteiger partial charge in [-0.2, -0.15) is 0 Å². The molecular weight excluding hydrogens is 448 g/mol. The Kier molecular flexibility index (Phi) is 6.37. The average molecular weight is 477 g/mol. The lowest BCUT2D eigenvalue weighted by atomic mass is 9.84. The second kappa shape index (κ2) is 9.58. The standard InChI is InChI=1S/C27H28N2O4S/c1-33-21-13-9-18(10-14-21)24(30)22-23(17-5-3-2-4-6-17)29(27(32)25(22)31)20-11-7-19(8-12-20)26-28-15-16-34-26/h7-14,17,31-32H,2-6,15-16H2,1H3. The van der Waals surface area contributed by atoms with E-state index in [4.69, 9.17) is 4.74 Å². The lowest BCUT2D eigenvalue weighted by Crippen LogP contribution is -2.15. The normalized spacial score (nSPS) is 16.4. The van der Waals surface area contributed by atoms with Gasteiger partial charge >= 0.3 is 0 Å². The minimum atomic E-state index is -0.360. The molecule has 6 nitrogen and oxygen atoms in total. The number of aromatic nitrogens is 1. The highest BCUT2D eigenvalue weighted by molar-refractivity contribution is 8.14. The largest absolute Gasteiger partial charge is 0.503 e. The Balaban J connectivity index is 1.62. The van der Waals surface area contributed by atoms with Gasteiger partial charge in [-0.25, -0.2) is 0 Å². The van der Waals surface area contributed by atoms with E-state index in [9.17, 15) is 15.0 Å². The summed E-state index contributed by atoms with van der Waals surface area (Å²) < 4.78 is 6.87. The van der Waals surface area contributed by atoms with E-state index in [0.717, 1.165) is 60.7 Å². The van der Waals surface area contributed by atoms with Crippen molar-refractivity contribution in [3.05, 3.63) is 70.9 Å². The van der Waals surface area contributed by atoms with Crippen LogP contribution >= 0.6 is 11.8 Å². The third-order valence-electron chi connectivity index (χ3n) is 6.69. The minimum absolute atomic E-state index is 0.0761. The van der Waals surface area contributed by atoms with Crippen molar-refractivity contribution in [1.29, 1.82) is 0 Å². The number of ketones is 1. The van der Waals surface area contributed by atoms with Crippen molar-refractivity contribution in [2.45, 2.75) is 38.0 Å². The molecule has 2 N–H and O–H groups in total. The third-order valence-corrected chi connectivity index (χ3v) is 7.71. The van der Waals surface area contributed by atoms with Crippen LogP contribution in [0, 0.1) is 0 Å². The number of ether oxygens (including phenoxy) is 1. The quantitative estimate of drug-likeness (QED) is 0.448. The van der Waals surface area contributed by atoms with E-state index in [2.05, 4.69) is 4.99 Å². The second-order valence-electron chi connectivity index (χ2n) is 8.74. The summed E-state index contributed by atoms with van der Waals surface area (Å²) in [5.74, 6) is 0.763. The third kappa shape index (κ3) is 4.09. The van der Waals surface area contributed by atoms with E-state index in [1.54, 1.807) is 47.7 Å². The molecule has 0 amide bonds. The summed E-state index contributed by atoms with van der Waals surface area (Å²) in [6.45, 7) is 0.830. The molecule has 7 heteroatoms. The van der Waals surface area contributed by atoms with Crippen LogP contribution in [0.5, 0.6) is 17.4 Å². The lowest BCUT2D eigenvalue weighted by Gasteiger charge is -2.25. The van der Waals surface area contributed by atoms with Crippen LogP contribution in [0.3, 0.4) is 0 Å². The van der Waals surface area contributed by atoms with Crippen LogP contribution in [0.15, 0.2) is 53.5 Å². The first-order valence-corrected chi connectivity index (χ1v) is 12.7. The zero-order chi connectivity index (χ0) is 23.7. The number of rotatable bonds is 6. The molecule has 0 bridgehead atoms. The second-order valence-corrected chi connectivity index (χ2v) is 9.83. The molecule has 1 aromatic heterocycles. The first-order chi connectivity index (χ1) is 16.6. The molecular formula is C27H28N2O4S. The van der Waals surface area contributed by atoms with Gasteiger partial charge in [0.1, 0.15) is 5.75 Å². The first-order valence-electron chi connectivity index (χ1n) is 11.7. The fourth-order valence-corrected chi connectivity index (χ4v) is 5.82. The number of thioether (sulfide) groups is 1. The highest BCUT2D eigenvalue weighted by atomic mass is 32.2. The molecule has 5 rings (SSSR count). The molecule has 176 valence electrons. The fraction of sp³-hybridized carbons (Fsp3) is 0.333. The smallest absolute Gasteiger partial charge is 0.240 e. The first kappa shape index (κ1) is 22.6. The molecule has 0 spiro atoms. The summed E-state index contributed by atoms with van der Waals surface area (Å²) in [5, 5.41) is 23.1. The van der Waals surface area contributed by atoms with Gasteiger partial charge in [-0.1, -0.05) is 31.4 Å². The summed E-state index contributed by atoms with van der Waals surface area (Å²) >= 11 is 1.74. The van der Waals surface area contributed by atoms with Crippen molar-refractivity contribution in [1.82, 2.24) is 4.57 Å². The van der Waals surface area contributed by atoms with Crippen LogP contribution in [-0.4, -0.2) is 45.0 Å². The number of hydrogen-bond donors (Lipinski definition) is 2. The van der Waals surface area contributed by atoms with Gasteiger partial charge < -0.3 is 14.9 Å². The molecule has 34 heavy (non-hydrogen) atoms. The summed E-state index contributed by atoms with van der Waals surface area (Å²) in [6.07, 6.45) is 5.10. The summed E-state index contributed by atoms with van der Waals surface area (Å²) in [4.78, 5) is 18.1. The Morgan fingerprint density at radius 1 is 1.03 bits per heavy atom. The number of carbonyl (C=O) groups excluding carboxylic acids is 1. The molecule has 1 saturated carbocycles. The maximum absolute atomic E-state index is 13.6. The monoisotopic (exact) mass is 476 g/mol. The van der Waals surface area contributed by atoms with Crippen molar-refractivity contribution in [2.24, 2.45) is 4.99 Å². The lowest BCUT2D eigenvalue weighted by molar-refractivity contribution is 0.103. The van der Waals surface area contributed by atoms with Gasteiger partial charge in [0.25, 0.3) is 0 Å². The SMILES string of the molecule is COc1ccc(C(=O)c2c(O)c(O)n(-c3ccc(C4=NCCS4)cc3)c2C2CCCCC2)cc1. The van der Waals surface area contributed by atoms with Crippen LogP contribution in [0.4, 0.5) is 0 Å². The Labute approximate surface area is 203 Å². The Hall–Kier alpha value is -3.19. The van der Waals surface area contributed by atoms with Crippen molar-refractivity contribution < 1.29 is 19.7 Å². The highest BCUT2D eigenvalue weighted by Gasteiger charge is 2.33. The van der Waals surface area contributed by atoms with Crippen LogP contribution in [0.2, 0.25) is 0 Å². The number of aliphatic imine (C=N–C) groups is 1. The zero-order valence-corrected chi connectivity index (χ0v) is 20.0. The van der Waals surface area contributed by atoms with Crippen molar-refractivity contribution in [3.63, 3.8) is 0 Å². The minimum Gasteiger partial charge on any atom is -0.503 e. The molecule has 1 aliphatic heterocycles. The summed E-state index contributed by atoms with van der Waals surface area (Å²) in [5.41, 5.74) is 3.08. The van der Waals surface area contributed by atoms with Crippen molar-refractivity contribution >= 4 is 22.6 Å². The number of nitrogens with zero attached hydrogens (tertiary/aromatic N) is 2. The molecule has 0 saturated heterocycles. The number of methoxy groups -OCH3 is 1. The van der Waals surface area contributed by atoms with Crippen LogP contribution in [0.1, 0.15) is 65.2 Å². The fourth-order valence-electron chi connectivity index (χ4n) is 4.96. The van der Waals surface area contributed by atoms with E-state index >= 15 is 0 Å². The topological polar surface area (TPSA) is 84.0 Å². The molecule has 0 atom stereocenters. The summed E-state index contributed by atoms with van der Waals surface area (Å²) in [6, 6.07) is 14.6. The number of benzene rings is 2. The van der Waals surface area contributed by atoms with E-state index in [1.807, 2.05) is 24.3 Å². The molecule has 1 aliphatic carbocycles. The number of aromatic hydroxyl groups is 2. The average Bonchev–Trinajstić information content (AvgIpc) is 3.52. The van der Waals surface area contributed by atoms with Gasteiger partial charge in [0.2, 0.25) is 5.88 Å².